The summed E-state index contributed by atoms with van der Waals surface area (Å²) in [5.41, 5.74) is 2.21. The van der Waals surface area contributed by atoms with Crippen LogP contribution < -0.4 is 0 Å². The van der Waals surface area contributed by atoms with Crippen LogP contribution in [0.1, 0.15) is 37.7 Å². The van der Waals surface area contributed by atoms with E-state index >= 15 is 0 Å². The van der Waals surface area contributed by atoms with Gasteiger partial charge in [-0.25, -0.2) is 0 Å². The van der Waals surface area contributed by atoms with Gasteiger partial charge in [0.25, 0.3) is 0 Å². The molecule has 1 nitrogen and oxygen atoms in total. The molecule has 0 amide bonds. The van der Waals surface area contributed by atoms with Gasteiger partial charge in [0.2, 0.25) is 0 Å². The maximum absolute atomic E-state index is 10.6. The molecule has 0 unspecified atom stereocenters. The van der Waals surface area contributed by atoms with E-state index in [1.807, 2.05) is 6.07 Å². The molecule has 0 aliphatic heterocycles. The van der Waals surface area contributed by atoms with Crippen LogP contribution in [0, 0.1) is 5.92 Å². The Morgan fingerprint density at radius 3 is 2.81 bits per heavy atom. The zero-order valence-corrected chi connectivity index (χ0v) is 9.52. The second kappa shape index (κ2) is 3.74. The fourth-order valence-electron chi connectivity index (χ4n) is 3.26. The van der Waals surface area contributed by atoms with E-state index in [2.05, 4.69) is 30.3 Å². The number of hydrogen-bond donors (Lipinski definition) is 1. The Bertz CT molecular complexity index is 407. The lowest BCUT2D eigenvalue weighted by Crippen LogP contribution is -2.35. The van der Waals surface area contributed by atoms with Gasteiger partial charge in [-0.1, -0.05) is 42.8 Å². The molecule has 0 bridgehead atoms. The molecule has 3 rings (SSSR count). The number of allylic oxidation sites excluding steroid dienone is 1. The number of rotatable bonds is 1. The van der Waals surface area contributed by atoms with Crippen molar-refractivity contribution in [3.05, 3.63) is 42.0 Å². The summed E-state index contributed by atoms with van der Waals surface area (Å²) in [5, 5.41) is 10.6. The lowest BCUT2D eigenvalue weighted by atomic mass is 9.76. The summed E-state index contributed by atoms with van der Waals surface area (Å²) < 4.78 is 0. The summed E-state index contributed by atoms with van der Waals surface area (Å²) >= 11 is 0. The molecule has 1 N–H and O–H groups in total. The molecule has 1 fully saturated rings. The number of hydrogen-bond acceptors (Lipinski definition) is 1. The van der Waals surface area contributed by atoms with E-state index in [1.165, 1.54) is 24.0 Å². The van der Waals surface area contributed by atoms with Crippen LogP contribution in [-0.4, -0.2) is 10.7 Å². The molecule has 0 radical (unpaired) electrons. The number of fused-ring (bicyclic) bond motifs is 1. The third-order valence-corrected chi connectivity index (χ3v) is 4.21. The summed E-state index contributed by atoms with van der Waals surface area (Å²) in [4.78, 5) is 0. The van der Waals surface area contributed by atoms with Gasteiger partial charge in [-0.05, 0) is 36.3 Å². The Morgan fingerprint density at radius 1 is 1.19 bits per heavy atom. The Labute approximate surface area is 96.8 Å². The van der Waals surface area contributed by atoms with E-state index in [0.29, 0.717) is 5.92 Å². The molecule has 0 heterocycles. The van der Waals surface area contributed by atoms with Gasteiger partial charge < -0.3 is 5.11 Å². The molecule has 0 aromatic heterocycles. The average Bonchev–Trinajstić information content (AvgIpc) is 2.70. The summed E-state index contributed by atoms with van der Waals surface area (Å²) in [6.07, 6.45) is 7.62. The van der Waals surface area contributed by atoms with E-state index < -0.39 is 5.60 Å². The van der Waals surface area contributed by atoms with Crippen molar-refractivity contribution < 1.29 is 5.11 Å². The highest BCUT2D eigenvalue weighted by Gasteiger charge is 2.42. The van der Waals surface area contributed by atoms with E-state index in [1.54, 1.807) is 0 Å². The molecule has 2 aliphatic carbocycles. The topological polar surface area (TPSA) is 20.2 Å². The molecular weight excluding hydrogens is 196 g/mol. The molecule has 2 atom stereocenters. The van der Waals surface area contributed by atoms with Gasteiger partial charge in [0.15, 0.2) is 0 Å². The Morgan fingerprint density at radius 2 is 2.00 bits per heavy atom. The molecule has 84 valence electrons. The standard InChI is InChI=1S/C15H18O/c16-15-10-4-7-14(15)9-8-13(11-15)12-5-2-1-3-6-12/h1-3,5-6,8,14,16H,4,7,9-11H2/t14-,15-/m0/s1. The quantitative estimate of drug-likeness (QED) is 0.759. The molecule has 1 heteroatoms. The summed E-state index contributed by atoms with van der Waals surface area (Å²) in [7, 11) is 0. The van der Waals surface area contributed by atoms with Crippen LogP contribution in [0.5, 0.6) is 0 Å². The monoisotopic (exact) mass is 214 g/mol. The first-order valence-electron chi connectivity index (χ1n) is 6.25. The number of aliphatic hydroxyl groups is 1. The van der Waals surface area contributed by atoms with Crippen molar-refractivity contribution in [2.45, 2.75) is 37.7 Å². The molecule has 16 heavy (non-hydrogen) atoms. The third kappa shape index (κ3) is 1.60. The first kappa shape index (κ1) is 10.1. The molecule has 1 aromatic rings. The van der Waals surface area contributed by atoms with Gasteiger partial charge in [0.1, 0.15) is 0 Å². The molecular formula is C15H18O. The number of benzene rings is 1. The maximum Gasteiger partial charge on any atom is 0.0719 e. The molecule has 0 spiro atoms. The van der Waals surface area contributed by atoms with Crippen LogP contribution in [0.2, 0.25) is 0 Å². The molecule has 2 aliphatic rings. The summed E-state index contributed by atoms with van der Waals surface area (Å²) in [6.45, 7) is 0. The van der Waals surface area contributed by atoms with Crippen molar-refractivity contribution >= 4 is 5.57 Å². The lowest BCUT2D eigenvalue weighted by Gasteiger charge is -2.34. The lowest BCUT2D eigenvalue weighted by molar-refractivity contribution is 0.00478. The van der Waals surface area contributed by atoms with Crippen LogP contribution >= 0.6 is 0 Å². The van der Waals surface area contributed by atoms with E-state index in [9.17, 15) is 5.11 Å². The van der Waals surface area contributed by atoms with E-state index in [4.69, 9.17) is 0 Å². The fraction of sp³-hybridized carbons (Fsp3) is 0.467. The third-order valence-electron chi connectivity index (χ3n) is 4.21. The summed E-state index contributed by atoms with van der Waals surface area (Å²) in [6, 6.07) is 10.5. The van der Waals surface area contributed by atoms with Crippen LogP contribution in [0.25, 0.3) is 5.57 Å². The van der Waals surface area contributed by atoms with Crippen LogP contribution in [0.4, 0.5) is 0 Å². The smallest absolute Gasteiger partial charge is 0.0719 e. The molecule has 0 saturated heterocycles. The van der Waals surface area contributed by atoms with E-state index in [-0.39, 0.29) is 0 Å². The second-order valence-electron chi connectivity index (χ2n) is 5.20. The zero-order valence-electron chi connectivity index (χ0n) is 9.52. The minimum atomic E-state index is -0.403. The van der Waals surface area contributed by atoms with Crippen molar-refractivity contribution in [2.75, 3.05) is 0 Å². The predicted molar refractivity (Wildman–Crippen MR) is 65.9 cm³/mol. The van der Waals surface area contributed by atoms with Crippen molar-refractivity contribution in [3.63, 3.8) is 0 Å². The molecule has 1 saturated carbocycles. The van der Waals surface area contributed by atoms with Gasteiger partial charge in [-0.15, -0.1) is 0 Å². The first-order chi connectivity index (χ1) is 7.78. The average molecular weight is 214 g/mol. The normalized spacial score (nSPS) is 33.3. The van der Waals surface area contributed by atoms with Crippen molar-refractivity contribution in [3.8, 4) is 0 Å². The van der Waals surface area contributed by atoms with Crippen LogP contribution in [-0.2, 0) is 0 Å². The highest BCUT2D eigenvalue weighted by atomic mass is 16.3. The van der Waals surface area contributed by atoms with Gasteiger partial charge in [-0.2, -0.15) is 0 Å². The predicted octanol–water partition coefficient (Wildman–Crippen LogP) is 3.40. The fourth-order valence-corrected chi connectivity index (χ4v) is 3.26. The highest BCUT2D eigenvalue weighted by Crippen LogP contribution is 2.47. The van der Waals surface area contributed by atoms with Crippen LogP contribution in [0.15, 0.2) is 36.4 Å². The van der Waals surface area contributed by atoms with E-state index in [0.717, 1.165) is 19.3 Å². The zero-order chi connectivity index (χ0) is 11.0. The molecule has 1 aromatic carbocycles. The van der Waals surface area contributed by atoms with Crippen molar-refractivity contribution in [1.82, 2.24) is 0 Å². The second-order valence-corrected chi connectivity index (χ2v) is 5.20. The Hall–Kier alpha value is -1.08. The summed E-state index contributed by atoms with van der Waals surface area (Å²) in [5.74, 6) is 0.514. The van der Waals surface area contributed by atoms with Crippen LogP contribution in [0.3, 0.4) is 0 Å². The minimum Gasteiger partial charge on any atom is -0.389 e. The van der Waals surface area contributed by atoms with Gasteiger partial charge >= 0.3 is 0 Å². The maximum atomic E-state index is 10.6. The van der Waals surface area contributed by atoms with Gasteiger partial charge in [0, 0.05) is 6.42 Å². The largest absolute Gasteiger partial charge is 0.389 e. The Kier molecular flexibility index (Phi) is 2.36. The first-order valence-corrected chi connectivity index (χ1v) is 6.25. The Balaban J connectivity index is 1.89. The van der Waals surface area contributed by atoms with Gasteiger partial charge in [-0.3, -0.25) is 0 Å². The van der Waals surface area contributed by atoms with Crippen molar-refractivity contribution in [2.24, 2.45) is 5.92 Å². The van der Waals surface area contributed by atoms with Gasteiger partial charge in [0.05, 0.1) is 5.60 Å². The SMILES string of the molecule is O[C@]12CCC[C@H]1CC=C(c1ccccc1)C2. The highest BCUT2D eigenvalue weighted by molar-refractivity contribution is 5.67. The van der Waals surface area contributed by atoms with Crippen molar-refractivity contribution in [1.29, 1.82) is 0 Å². The minimum absolute atomic E-state index is 0.403.